The molecule has 160 valence electrons. The molecule has 0 amide bonds. The van der Waals surface area contributed by atoms with Gasteiger partial charge in [-0.3, -0.25) is 0 Å². The zero-order valence-electron chi connectivity index (χ0n) is 19.1. The van der Waals surface area contributed by atoms with Gasteiger partial charge in [-0.25, -0.2) is 4.79 Å². The standard InChI is InChI=1S/C24H47NO2/c1-6-7-8-9-10-11-12-13-14-16-19-24(20-17-15-18-21-24)23(2,22(26)27)25(3,4)5/h6-21H2,1-5H3/p+1. The predicted octanol–water partition coefficient (Wildman–Crippen LogP) is 6.80. The highest BCUT2D eigenvalue weighted by Gasteiger charge is 2.61. The fraction of sp³-hybridized carbons (Fsp3) is 0.958. The van der Waals surface area contributed by atoms with Crippen LogP contribution in [0.3, 0.4) is 0 Å². The van der Waals surface area contributed by atoms with Gasteiger partial charge in [-0.2, -0.15) is 0 Å². The summed E-state index contributed by atoms with van der Waals surface area (Å²) in [4.78, 5) is 12.4. The SMILES string of the molecule is CCCCCCCCCCCCC1(C(C)(C(=O)O)[N+](C)(C)C)CCCCC1. The summed E-state index contributed by atoms with van der Waals surface area (Å²) in [5, 5.41) is 10.2. The Hall–Kier alpha value is -0.570. The van der Waals surface area contributed by atoms with E-state index in [0.717, 1.165) is 19.3 Å². The van der Waals surface area contributed by atoms with E-state index < -0.39 is 11.5 Å². The fourth-order valence-electron chi connectivity index (χ4n) is 5.38. The van der Waals surface area contributed by atoms with E-state index in [0.29, 0.717) is 4.48 Å². The summed E-state index contributed by atoms with van der Waals surface area (Å²) >= 11 is 0. The smallest absolute Gasteiger partial charge is 0.366 e. The lowest BCUT2D eigenvalue weighted by Gasteiger charge is -2.54. The Labute approximate surface area is 169 Å². The molecule has 0 aromatic carbocycles. The third-order valence-electron chi connectivity index (χ3n) is 7.61. The number of quaternary nitrogens is 1. The van der Waals surface area contributed by atoms with Crippen molar-refractivity contribution in [1.82, 2.24) is 0 Å². The van der Waals surface area contributed by atoms with Crippen LogP contribution in [0.5, 0.6) is 0 Å². The first kappa shape index (κ1) is 24.5. The van der Waals surface area contributed by atoms with Crippen molar-refractivity contribution < 1.29 is 14.4 Å². The summed E-state index contributed by atoms with van der Waals surface area (Å²) in [5.74, 6) is -0.607. The van der Waals surface area contributed by atoms with Crippen LogP contribution in [0.4, 0.5) is 0 Å². The van der Waals surface area contributed by atoms with E-state index in [2.05, 4.69) is 28.1 Å². The van der Waals surface area contributed by atoms with Crippen molar-refractivity contribution in [1.29, 1.82) is 0 Å². The summed E-state index contributed by atoms with van der Waals surface area (Å²) in [6, 6.07) is 0. The number of hydrogen-bond donors (Lipinski definition) is 1. The van der Waals surface area contributed by atoms with E-state index in [1.807, 2.05) is 6.92 Å². The van der Waals surface area contributed by atoms with E-state index in [1.54, 1.807) is 0 Å². The van der Waals surface area contributed by atoms with Gasteiger partial charge >= 0.3 is 5.97 Å². The minimum absolute atomic E-state index is 0.0461. The molecule has 0 aliphatic heterocycles. The summed E-state index contributed by atoms with van der Waals surface area (Å²) in [6.07, 6.45) is 20.3. The highest BCUT2D eigenvalue weighted by atomic mass is 16.4. The number of rotatable bonds is 14. The van der Waals surface area contributed by atoms with Crippen molar-refractivity contribution in [3.8, 4) is 0 Å². The van der Waals surface area contributed by atoms with Crippen molar-refractivity contribution in [2.45, 2.75) is 122 Å². The first-order chi connectivity index (χ1) is 12.7. The van der Waals surface area contributed by atoms with Gasteiger partial charge in [-0.15, -0.1) is 0 Å². The van der Waals surface area contributed by atoms with Crippen molar-refractivity contribution in [2.75, 3.05) is 21.1 Å². The monoisotopic (exact) mass is 382 g/mol. The molecule has 1 fully saturated rings. The lowest BCUT2D eigenvalue weighted by atomic mass is 9.58. The zero-order valence-corrected chi connectivity index (χ0v) is 19.1. The Balaban J connectivity index is 2.52. The zero-order chi connectivity index (χ0) is 20.4. The van der Waals surface area contributed by atoms with Crippen LogP contribution in [0.1, 0.15) is 117 Å². The molecule has 1 N–H and O–H groups in total. The average molecular weight is 383 g/mol. The second-order valence-corrected chi connectivity index (χ2v) is 10.2. The number of nitrogens with zero attached hydrogens (tertiary/aromatic N) is 1. The Kier molecular flexibility index (Phi) is 10.4. The minimum atomic E-state index is -0.702. The predicted molar refractivity (Wildman–Crippen MR) is 116 cm³/mol. The number of carboxylic acid groups (broad SMARTS) is 1. The summed E-state index contributed by atoms with van der Waals surface area (Å²) < 4.78 is 0.514. The van der Waals surface area contributed by atoms with E-state index in [4.69, 9.17) is 0 Å². The second-order valence-electron chi connectivity index (χ2n) is 10.2. The molecule has 0 bridgehead atoms. The lowest BCUT2D eigenvalue weighted by molar-refractivity contribution is -0.921. The second kappa shape index (κ2) is 11.4. The summed E-state index contributed by atoms with van der Waals surface area (Å²) in [7, 11) is 6.22. The molecule has 1 atom stereocenters. The first-order valence-corrected chi connectivity index (χ1v) is 11.8. The quantitative estimate of drug-likeness (QED) is 0.265. The molecular weight excluding hydrogens is 334 g/mol. The van der Waals surface area contributed by atoms with Gasteiger partial charge in [0.25, 0.3) is 0 Å². The molecule has 27 heavy (non-hydrogen) atoms. The maximum absolute atomic E-state index is 12.4. The summed E-state index contributed by atoms with van der Waals surface area (Å²) in [6.45, 7) is 4.30. The highest BCUT2D eigenvalue weighted by Crippen LogP contribution is 2.52. The van der Waals surface area contributed by atoms with Gasteiger partial charge in [0, 0.05) is 12.3 Å². The molecule has 0 heterocycles. The molecule has 3 nitrogen and oxygen atoms in total. The van der Waals surface area contributed by atoms with Crippen molar-refractivity contribution in [3.63, 3.8) is 0 Å². The Morgan fingerprint density at radius 2 is 1.30 bits per heavy atom. The molecule has 0 spiro atoms. The van der Waals surface area contributed by atoms with Gasteiger partial charge in [-0.05, 0) is 19.3 Å². The minimum Gasteiger partial charge on any atom is -0.477 e. The Bertz CT molecular complexity index is 421. The summed E-state index contributed by atoms with van der Waals surface area (Å²) in [5.41, 5.74) is -0.748. The number of carboxylic acids is 1. The normalized spacial score (nSPS) is 19.6. The molecule has 0 aromatic heterocycles. The molecule has 0 aromatic rings. The van der Waals surface area contributed by atoms with Crippen molar-refractivity contribution in [3.05, 3.63) is 0 Å². The van der Waals surface area contributed by atoms with Gasteiger partial charge in [0.1, 0.15) is 0 Å². The van der Waals surface area contributed by atoms with Crippen LogP contribution in [0.25, 0.3) is 0 Å². The maximum atomic E-state index is 12.4. The number of likely N-dealkylation sites (N-methyl/N-ethyl adjacent to an activating group) is 1. The van der Waals surface area contributed by atoms with Gasteiger partial charge < -0.3 is 9.59 Å². The van der Waals surface area contributed by atoms with E-state index in [1.165, 1.54) is 83.5 Å². The molecule has 1 aliphatic rings. The van der Waals surface area contributed by atoms with E-state index in [-0.39, 0.29) is 5.41 Å². The van der Waals surface area contributed by atoms with E-state index >= 15 is 0 Å². The van der Waals surface area contributed by atoms with Crippen molar-refractivity contribution in [2.24, 2.45) is 5.41 Å². The van der Waals surface area contributed by atoms with Gasteiger partial charge in [0.05, 0.1) is 21.1 Å². The topological polar surface area (TPSA) is 37.3 Å². The van der Waals surface area contributed by atoms with Gasteiger partial charge in [0.15, 0.2) is 5.54 Å². The molecule has 1 aliphatic carbocycles. The van der Waals surface area contributed by atoms with Crippen LogP contribution < -0.4 is 0 Å². The molecule has 1 saturated carbocycles. The molecular formula is C24H48NO2+. The van der Waals surface area contributed by atoms with Crippen molar-refractivity contribution >= 4 is 5.97 Å². The van der Waals surface area contributed by atoms with Crippen LogP contribution in [-0.2, 0) is 4.79 Å². The van der Waals surface area contributed by atoms with Crippen LogP contribution in [-0.4, -0.2) is 42.2 Å². The molecule has 1 unspecified atom stereocenters. The average Bonchev–Trinajstić information content (AvgIpc) is 2.62. The van der Waals surface area contributed by atoms with E-state index in [9.17, 15) is 9.90 Å². The van der Waals surface area contributed by atoms with Crippen LogP contribution in [0.2, 0.25) is 0 Å². The van der Waals surface area contributed by atoms with Gasteiger partial charge in [-0.1, -0.05) is 90.4 Å². The number of hydrogen-bond acceptors (Lipinski definition) is 1. The largest absolute Gasteiger partial charge is 0.477 e. The lowest BCUT2D eigenvalue weighted by Crippen LogP contribution is -2.69. The number of carbonyl (C=O) groups is 1. The van der Waals surface area contributed by atoms with Crippen LogP contribution >= 0.6 is 0 Å². The maximum Gasteiger partial charge on any atom is 0.366 e. The van der Waals surface area contributed by atoms with Crippen LogP contribution in [0.15, 0.2) is 0 Å². The Morgan fingerprint density at radius 1 is 0.852 bits per heavy atom. The third-order valence-corrected chi connectivity index (χ3v) is 7.61. The fourth-order valence-corrected chi connectivity index (χ4v) is 5.38. The van der Waals surface area contributed by atoms with Crippen LogP contribution in [0, 0.1) is 5.41 Å². The third kappa shape index (κ3) is 6.48. The molecule has 3 heteroatoms. The van der Waals surface area contributed by atoms with Gasteiger partial charge in [0.2, 0.25) is 0 Å². The molecule has 1 rings (SSSR count). The first-order valence-electron chi connectivity index (χ1n) is 11.8. The highest BCUT2D eigenvalue weighted by molar-refractivity contribution is 5.78. The molecule has 0 saturated heterocycles. The Morgan fingerprint density at radius 3 is 1.70 bits per heavy atom. The molecule has 0 radical (unpaired) electrons. The number of aliphatic carboxylic acids is 1. The number of unbranched alkanes of at least 4 members (excludes halogenated alkanes) is 9.